The molecule has 0 fully saturated rings. The molecular formula is C23H20N4O2. The molecule has 4 aromatic rings. The fraction of sp³-hybridized carbons (Fsp3) is 0.174. The van der Waals surface area contributed by atoms with Crippen LogP contribution in [-0.2, 0) is 19.5 Å². The number of benzene rings is 2. The molecule has 144 valence electrons. The van der Waals surface area contributed by atoms with Crippen LogP contribution in [0.3, 0.4) is 0 Å². The zero-order chi connectivity index (χ0) is 19.8. The van der Waals surface area contributed by atoms with Crippen molar-refractivity contribution >= 4 is 16.8 Å². The number of fused-ring (bicyclic) bond motifs is 2. The second-order valence-electron chi connectivity index (χ2n) is 7.34. The Morgan fingerprint density at radius 3 is 2.83 bits per heavy atom. The molecule has 2 aromatic carbocycles. The molecule has 6 heteroatoms. The van der Waals surface area contributed by atoms with Gasteiger partial charge >= 0.3 is 0 Å². The smallest absolute Gasteiger partial charge is 0.255 e. The van der Waals surface area contributed by atoms with Crippen molar-refractivity contribution in [1.29, 1.82) is 0 Å². The van der Waals surface area contributed by atoms with Gasteiger partial charge < -0.3 is 14.5 Å². The van der Waals surface area contributed by atoms with Crippen LogP contribution in [-0.4, -0.2) is 31.9 Å². The summed E-state index contributed by atoms with van der Waals surface area (Å²) < 4.78 is 2.18. The van der Waals surface area contributed by atoms with Crippen LogP contribution in [0.4, 0.5) is 0 Å². The second kappa shape index (κ2) is 7.05. The maximum absolute atomic E-state index is 13.0. The molecule has 0 unspecified atom stereocenters. The molecule has 0 aliphatic carbocycles. The summed E-state index contributed by atoms with van der Waals surface area (Å²) in [5, 5.41) is 1.03. The van der Waals surface area contributed by atoms with Crippen LogP contribution in [0.2, 0.25) is 0 Å². The van der Waals surface area contributed by atoms with Crippen molar-refractivity contribution in [2.75, 3.05) is 6.54 Å². The molecule has 0 saturated heterocycles. The van der Waals surface area contributed by atoms with E-state index in [1.165, 1.54) is 11.9 Å². The minimum Gasteiger partial charge on any atom is -0.343 e. The minimum atomic E-state index is -0.166. The number of nitrogens with one attached hydrogen (secondary N) is 1. The zero-order valence-corrected chi connectivity index (χ0v) is 15.8. The lowest BCUT2D eigenvalue weighted by Crippen LogP contribution is -2.39. The van der Waals surface area contributed by atoms with Gasteiger partial charge in [0.1, 0.15) is 0 Å². The van der Waals surface area contributed by atoms with E-state index in [4.69, 9.17) is 0 Å². The van der Waals surface area contributed by atoms with Gasteiger partial charge in [0.05, 0.1) is 24.1 Å². The lowest BCUT2D eigenvalue weighted by Gasteiger charge is -2.27. The van der Waals surface area contributed by atoms with Crippen molar-refractivity contribution in [3.05, 3.63) is 99.9 Å². The Morgan fingerprint density at radius 1 is 1.10 bits per heavy atom. The highest BCUT2D eigenvalue weighted by Gasteiger charge is 2.24. The normalized spacial score (nSPS) is 13.4. The fourth-order valence-electron chi connectivity index (χ4n) is 3.96. The van der Waals surface area contributed by atoms with Gasteiger partial charge in [0, 0.05) is 42.2 Å². The lowest BCUT2D eigenvalue weighted by molar-refractivity contribution is 0.0732. The summed E-state index contributed by atoms with van der Waals surface area (Å²) in [4.78, 5) is 33.7. The largest absolute Gasteiger partial charge is 0.343 e. The SMILES string of the molecule is O=C(c1ccc2c(ccn2Cc2ccccc2)c1)N1CCc2nc[nH]c(=O)c2C1. The van der Waals surface area contributed by atoms with Crippen LogP contribution >= 0.6 is 0 Å². The molecule has 0 saturated carbocycles. The second-order valence-corrected chi connectivity index (χ2v) is 7.34. The van der Waals surface area contributed by atoms with Crippen molar-refractivity contribution < 1.29 is 4.79 Å². The number of aromatic amines is 1. The first-order valence-electron chi connectivity index (χ1n) is 9.66. The summed E-state index contributed by atoms with van der Waals surface area (Å²) in [6.45, 7) is 1.65. The molecular weight excluding hydrogens is 364 g/mol. The van der Waals surface area contributed by atoms with Crippen molar-refractivity contribution in [2.45, 2.75) is 19.5 Å². The van der Waals surface area contributed by atoms with Crippen molar-refractivity contribution in [3.63, 3.8) is 0 Å². The van der Waals surface area contributed by atoms with Crippen LogP contribution < -0.4 is 5.56 Å². The van der Waals surface area contributed by atoms with E-state index in [9.17, 15) is 9.59 Å². The van der Waals surface area contributed by atoms with Gasteiger partial charge in [0.25, 0.3) is 11.5 Å². The van der Waals surface area contributed by atoms with E-state index in [0.29, 0.717) is 30.6 Å². The highest BCUT2D eigenvalue weighted by atomic mass is 16.2. The molecule has 0 spiro atoms. The van der Waals surface area contributed by atoms with Gasteiger partial charge in [-0.2, -0.15) is 0 Å². The van der Waals surface area contributed by atoms with E-state index in [-0.39, 0.29) is 11.5 Å². The van der Waals surface area contributed by atoms with Gasteiger partial charge in [-0.05, 0) is 29.8 Å². The zero-order valence-electron chi connectivity index (χ0n) is 15.8. The van der Waals surface area contributed by atoms with E-state index in [0.717, 1.165) is 23.1 Å². The van der Waals surface area contributed by atoms with Gasteiger partial charge in [-0.25, -0.2) is 4.98 Å². The number of nitrogens with zero attached hydrogens (tertiary/aromatic N) is 3. The topological polar surface area (TPSA) is 71.0 Å². The standard InChI is InChI=1S/C23H20N4O2/c28-22-19-14-27(11-9-20(19)24-15-25-22)23(29)18-6-7-21-17(12-18)8-10-26(21)13-16-4-2-1-3-5-16/h1-8,10,12,15H,9,11,13-14H2,(H,24,25,28). The summed E-state index contributed by atoms with van der Waals surface area (Å²) in [6, 6.07) is 18.1. The molecule has 29 heavy (non-hydrogen) atoms. The first kappa shape index (κ1) is 17.4. The van der Waals surface area contributed by atoms with E-state index >= 15 is 0 Å². The van der Waals surface area contributed by atoms with Crippen LogP contribution in [0.5, 0.6) is 0 Å². The predicted molar refractivity (Wildman–Crippen MR) is 111 cm³/mol. The Morgan fingerprint density at radius 2 is 1.97 bits per heavy atom. The Kier molecular flexibility index (Phi) is 4.24. The molecule has 2 aromatic heterocycles. The molecule has 5 rings (SSSR count). The Hall–Kier alpha value is -3.67. The Balaban J connectivity index is 1.40. The summed E-state index contributed by atoms with van der Waals surface area (Å²) >= 11 is 0. The van der Waals surface area contributed by atoms with Crippen LogP contribution in [0.1, 0.15) is 27.2 Å². The molecule has 6 nitrogen and oxygen atoms in total. The van der Waals surface area contributed by atoms with Crippen LogP contribution in [0.25, 0.3) is 10.9 Å². The summed E-state index contributed by atoms with van der Waals surface area (Å²) in [6.07, 6.45) is 4.07. The molecule has 0 bridgehead atoms. The molecule has 1 N–H and O–H groups in total. The molecule has 1 aliphatic rings. The third kappa shape index (κ3) is 3.23. The quantitative estimate of drug-likeness (QED) is 0.590. The van der Waals surface area contributed by atoms with Gasteiger partial charge in [-0.3, -0.25) is 9.59 Å². The monoisotopic (exact) mass is 384 g/mol. The molecule has 1 aliphatic heterocycles. The molecule has 1 amide bonds. The van der Waals surface area contributed by atoms with Crippen molar-refractivity contribution in [1.82, 2.24) is 19.4 Å². The van der Waals surface area contributed by atoms with Gasteiger partial charge in [0.15, 0.2) is 0 Å². The lowest BCUT2D eigenvalue weighted by atomic mass is 10.1. The third-order valence-corrected chi connectivity index (χ3v) is 5.51. The number of carbonyl (C=O) groups is 1. The summed E-state index contributed by atoms with van der Waals surface area (Å²) in [5.74, 6) is -0.0587. The highest BCUT2D eigenvalue weighted by Crippen LogP contribution is 2.22. The van der Waals surface area contributed by atoms with E-state index < -0.39 is 0 Å². The summed E-state index contributed by atoms with van der Waals surface area (Å²) in [7, 11) is 0. The van der Waals surface area contributed by atoms with E-state index in [1.807, 2.05) is 48.7 Å². The van der Waals surface area contributed by atoms with Crippen LogP contribution in [0.15, 0.2) is 71.9 Å². The number of hydrogen-bond acceptors (Lipinski definition) is 3. The van der Waals surface area contributed by atoms with Gasteiger partial charge in [-0.1, -0.05) is 30.3 Å². The third-order valence-electron chi connectivity index (χ3n) is 5.51. The van der Waals surface area contributed by atoms with Crippen molar-refractivity contribution in [3.8, 4) is 0 Å². The van der Waals surface area contributed by atoms with E-state index in [2.05, 4.69) is 26.7 Å². The van der Waals surface area contributed by atoms with Crippen molar-refractivity contribution in [2.24, 2.45) is 0 Å². The number of aromatic nitrogens is 3. The average molecular weight is 384 g/mol. The van der Waals surface area contributed by atoms with Crippen LogP contribution in [0, 0.1) is 0 Å². The Bertz CT molecular complexity index is 1260. The number of amides is 1. The summed E-state index contributed by atoms with van der Waals surface area (Å²) in [5.41, 5.74) is 4.17. The molecule has 3 heterocycles. The number of carbonyl (C=O) groups excluding carboxylic acids is 1. The number of rotatable bonds is 3. The first-order chi connectivity index (χ1) is 14.2. The first-order valence-corrected chi connectivity index (χ1v) is 9.66. The van der Waals surface area contributed by atoms with Gasteiger partial charge in [0.2, 0.25) is 0 Å². The maximum Gasteiger partial charge on any atom is 0.255 e. The number of hydrogen-bond donors (Lipinski definition) is 1. The minimum absolute atomic E-state index is 0.0587. The highest BCUT2D eigenvalue weighted by molar-refractivity contribution is 5.98. The average Bonchev–Trinajstić information content (AvgIpc) is 3.16. The van der Waals surface area contributed by atoms with Gasteiger partial charge in [-0.15, -0.1) is 0 Å². The molecule has 0 radical (unpaired) electrons. The maximum atomic E-state index is 13.0. The predicted octanol–water partition coefficient (Wildman–Crippen LogP) is 2.97. The van der Waals surface area contributed by atoms with E-state index in [1.54, 1.807) is 4.90 Å². The fourth-order valence-corrected chi connectivity index (χ4v) is 3.96. The molecule has 0 atom stereocenters. The number of H-pyrrole nitrogens is 1. The Labute approximate surface area is 167 Å².